The van der Waals surface area contributed by atoms with Crippen LogP contribution < -0.4 is 10.5 Å². The smallest absolute Gasteiger partial charge is 0.136 e. The molecule has 0 fully saturated rings. The Morgan fingerprint density at radius 3 is 2.83 bits per heavy atom. The van der Waals surface area contributed by atoms with Crippen LogP contribution in [0.1, 0.15) is 12.5 Å². The fourth-order valence-corrected chi connectivity index (χ4v) is 1.73. The zero-order chi connectivity index (χ0) is 13.1. The molecule has 94 valence electrons. The Morgan fingerprint density at radius 2 is 2.17 bits per heavy atom. The summed E-state index contributed by atoms with van der Waals surface area (Å²) in [6.07, 6.45) is 1.69. The van der Waals surface area contributed by atoms with Crippen LogP contribution in [0.4, 0.5) is 4.39 Å². The second kappa shape index (κ2) is 5.00. The summed E-state index contributed by atoms with van der Waals surface area (Å²) >= 11 is 0. The lowest BCUT2D eigenvalue weighted by atomic mass is 10.1. The van der Waals surface area contributed by atoms with E-state index in [2.05, 4.69) is 9.98 Å². The molecule has 1 aliphatic rings. The minimum atomic E-state index is -0.386. The molecule has 18 heavy (non-hydrogen) atoms. The van der Waals surface area contributed by atoms with Crippen LogP contribution in [0, 0.1) is 5.82 Å². The van der Waals surface area contributed by atoms with Gasteiger partial charge in [0, 0.05) is 11.6 Å². The fraction of sp³-hybridized carbons (Fsp3) is 0.231. The van der Waals surface area contributed by atoms with E-state index in [1.165, 1.54) is 13.2 Å². The maximum absolute atomic E-state index is 14.0. The Kier molecular flexibility index (Phi) is 3.41. The van der Waals surface area contributed by atoms with Crippen LogP contribution in [0.15, 0.2) is 40.1 Å². The second-order valence-electron chi connectivity index (χ2n) is 3.86. The van der Waals surface area contributed by atoms with Crippen LogP contribution in [-0.2, 0) is 0 Å². The molecule has 0 saturated carbocycles. The highest BCUT2D eigenvalue weighted by atomic mass is 19.1. The third-order valence-corrected chi connectivity index (χ3v) is 2.62. The maximum atomic E-state index is 14.0. The first-order chi connectivity index (χ1) is 8.61. The summed E-state index contributed by atoms with van der Waals surface area (Å²) in [5, 5.41) is 0. The Bertz CT molecular complexity index is 561. The van der Waals surface area contributed by atoms with Crippen molar-refractivity contribution in [2.45, 2.75) is 6.92 Å². The number of nitrogens with zero attached hydrogens (tertiary/aromatic N) is 2. The van der Waals surface area contributed by atoms with Gasteiger partial charge in [0.15, 0.2) is 0 Å². The summed E-state index contributed by atoms with van der Waals surface area (Å²) < 4.78 is 18.9. The van der Waals surface area contributed by atoms with Crippen molar-refractivity contribution in [2.24, 2.45) is 15.7 Å². The van der Waals surface area contributed by atoms with Gasteiger partial charge in [-0.25, -0.2) is 9.38 Å². The van der Waals surface area contributed by atoms with Gasteiger partial charge in [-0.05, 0) is 25.1 Å². The number of hydrogen-bond donors (Lipinski definition) is 1. The van der Waals surface area contributed by atoms with Gasteiger partial charge in [0.25, 0.3) is 0 Å². The van der Waals surface area contributed by atoms with Gasteiger partial charge in [-0.2, -0.15) is 0 Å². The number of halogens is 1. The molecule has 0 amide bonds. The predicted octanol–water partition coefficient (Wildman–Crippen LogP) is 1.90. The van der Waals surface area contributed by atoms with E-state index in [-0.39, 0.29) is 5.82 Å². The first-order valence-corrected chi connectivity index (χ1v) is 5.51. The Labute approximate surface area is 105 Å². The number of nitrogens with two attached hydrogens (primary N) is 1. The third-order valence-electron chi connectivity index (χ3n) is 2.62. The summed E-state index contributed by atoms with van der Waals surface area (Å²) in [4.78, 5) is 8.43. The van der Waals surface area contributed by atoms with Crippen molar-refractivity contribution in [1.82, 2.24) is 0 Å². The molecule has 1 aliphatic heterocycles. The minimum absolute atomic E-state index is 0.386. The monoisotopic (exact) mass is 247 g/mol. The Hall–Kier alpha value is -2.17. The number of methoxy groups -OCH3 is 1. The highest BCUT2D eigenvalue weighted by molar-refractivity contribution is 6.48. The quantitative estimate of drug-likeness (QED) is 0.867. The fourth-order valence-electron chi connectivity index (χ4n) is 1.73. The molecular formula is C13H14FN3O. The van der Waals surface area contributed by atoms with Crippen molar-refractivity contribution >= 4 is 11.4 Å². The maximum Gasteiger partial charge on any atom is 0.136 e. The third kappa shape index (κ3) is 2.40. The normalized spacial score (nSPS) is 15.4. The van der Waals surface area contributed by atoms with Gasteiger partial charge in [0.2, 0.25) is 0 Å². The van der Waals surface area contributed by atoms with E-state index in [9.17, 15) is 4.39 Å². The number of aliphatic imine (C=N–C) groups is 2. The van der Waals surface area contributed by atoms with Crippen LogP contribution in [0.25, 0.3) is 0 Å². The molecule has 0 saturated heterocycles. The highest BCUT2D eigenvalue weighted by Crippen LogP contribution is 2.18. The number of hydrogen-bond acceptors (Lipinski definition) is 4. The van der Waals surface area contributed by atoms with E-state index < -0.39 is 0 Å². The summed E-state index contributed by atoms with van der Waals surface area (Å²) in [6.45, 7) is 2.15. The van der Waals surface area contributed by atoms with Crippen LogP contribution in [0.3, 0.4) is 0 Å². The molecule has 0 aromatic heterocycles. The van der Waals surface area contributed by atoms with E-state index in [0.29, 0.717) is 35.1 Å². The van der Waals surface area contributed by atoms with Gasteiger partial charge in [-0.3, -0.25) is 4.99 Å². The number of benzene rings is 1. The van der Waals surface area contributed by atoms with Gasteiger partial charge in [-0.15, -0.1) is 0 Å². The molecule has 4 nitrogen and oxygen atoms in total. The Balaban J connectivity index is 2.44. The van der Waals surface area contributed by atoms with Crippen molar-refractivity contribution in [3.8, 4) is 5.75 Å². The van der Waals surface area contributed by atoms with Crippen molar-refractivity contribution in [3.05, 3.63) is 41.5 Å². The average Bonchev–Trinajstić information content (AvgIpc) is 2.50. The van der Waals surface area contributed by atoms with E-state index in [0.717, 1.165) is 0 Å². The SMILES string of the molecule is COc1ccc(C2=NCC=C(N)N=C2C)c(F)c1. The molecule has 0 bridgehead atoms. The van der Waals surface area contributed by atoms with E-state index in [4.69, 9.17) is 10.5 Å². The lowest BCUT2D eigenvalue weighted by Crippen LogP contribution is -2.14. The van der Waals surface area contributed by atoms with Gasteiger partial charge in [-0.1, -0.05) is 0 Å². The lowest BCUT2D eigenvalue weighted by molar-refractivity contribution is 0.411. The molecule has 2 rings (SSSR count). The first kappa shape index (κ1) is 12.3. The number of rotatable bonds is 2. The zero-order valence-corrected chi connectivity index (χ0v) is 10.3. The van der Waals surface area contributed by atoms with Crippen molar-refractivity contribution in [2.75, 3.05) is 13.7 Å². The summed E-state index contributed by atoms with van der Waals surface area (Å²) in [7, 11) is 1.49. The Morgan fingerprint density at radius 1 is 1.39 bits per heavy atom. The molecule has 0 radical (unpaired) electrons. The zero-order valence-electron chi connectivity index (χ0n) is 10.3. The van der Waals surface area contributed by atoms with Crippen molar-refractivity contribution < 1.29 is 9.13 Å². The van der Waals surface area contributed by atoms with E-state index in [1.807, 2.05) is 0 Å². The standard InChI is InChI=1S/C13H14FN3O/c1-8-13(16-6-5-12(15)17-8)10-4-3-9(18-2)7-11(10)14/h3-5,7H,6,15H2,1-2H3. The molecule has 1 aromatic carbocycles. The topological polar surface area (TPSA) is 60.0 Å². The largest absolute Gasteiger partial charge is 0.497 e. The molecular weight excluding hydrogens is 233 g/mol. The summed E-state index contributed by atoms with van der Waals surface area (Å²) in [5.74, 6) is 0.487. The van der Waals surface area contributed by atoms with Gasteiger partial charge in [0.1, 0.15) is 17.4 Å². The van der Waals surface area contributed by atoms with E-state index in [1.54, 1.807) is 25.1 Å². The molecule has 0 spiro atoms. The second-order valence-corrected chi connectivity index (χ2v) is 3.86. The summed E-state index contributed by atoms with van der Waals surface area (Å²) in [5.41, 5.74) is 7.16. The van der Waals surface area contributed by atoms with Crippen LogP contribution in [0.5, 0.6) is 5.75 Å². The minimum Gasteiger partial charge on any atom is -0.497 e. The highest BCUT2D eigenvalue weighted by Gasteiger charge is 2.14. The van der Waals surface area contributed by atoms with Crippen molar-refractivity contribution in [3.63, 3.8) is 0 Å². The average molecular weight is 247 g/mol. The van der Waals surface area contributed by atoms with Crippen LogP contribution in [-0.4, -0.2) is 25.1 Å². The molecule has 5 heteroatoms. The van der Waals surface area contributed by atoms with Crippen LogP contribution >= 0.6 is 0 Å². The predicted molar refractivity (Wildman–Crippen MR) is 69.7 cm³/mol. The molecule has 0 unspecified atom stereocenters. The first-order valence-electron chi connectivity index (χ1n) is 5.51. The van der Waals surface area contributed by atoms with Crippen molar-refractivity contribution in [1.29, 1.82) is 0 Å². The van der Waals surface area contributed by atoms with Crippen LogP contribution in [0.2, 0.25) is 0 Å². The van der Waals surface area contributed by atoms with Gasteiger partial charge in [0.05, 0.1) is 25.1 Å². The molecule has 0 aliphatic carbocycles. The molecule has 2 N–H and O–H groups in total. The number of ether oxygens (including phenoxy) is 1. The lowest BCUT2D eigenvalue weighted by Gasteiger charge is -2.08. The molecule has 1 heterocycles. The van der Waals surface area contributed by atoms with Gasteiger partial charge >= 0.3 is 0 Å². The molecule has 1 aromatic rings. The van der Waals surface area contributed by atoms with Gasteiger partial charge < -0.3 is 10.5 Å². The molecule has 0 atom stereocenters. The van der Waals surface area contributed by atoms with E-state index >= 15 is 0 Å². The summed E-state index contributed by atoms with van der Waals surface area (Å²) in [6, 6.07) is 4.65.